The Morgan fingerprint density at radius 3 is 2.71 bits per heavy atom. The number of carbonyl (C=O) groups excluding carboxylic acids is 1. The number of piperidine rings is 1. The van der Waals surface area contributed by atoms with Crippen LogP contribution in [0.4, 0.5) is 16.8 Å². The first-order chi connectivity index (χ1) is 16.3. The number of aromatic nitrogens is 3. The minimum absolute atomic E-state index is 0.136. The van der Waals surface area contributed by atoms with E-state index in [1.165, 1.54) is 11.5 Å². The van der Waals surface area contributed by atoms with Crippen molar-refractivity contribution in [3.05, 3.63) is 23.2 Å². The first-order valence-electron chi connectivity index (χ1n) is 11.8. The topological polar surface area (TPSA) is 115 Å². The molecule has 34 heavy (non-hydrogen) atoms. The van der Waals surface area contributed by atoms with Gasteiger partial charge < -0.3 is 26.0 Å². The van der Waals surface area contributed by atoms with E-state index in [1.807, 2.05) is 18.4 Å². The van der Waals surface area contributed by atoms with E-state index in [1.54, 1.807) is 17.4 Å². The third-order valence-electron chi connectivity index (χ3n) is 6.74. The van der Waals surface area contributed by atoms with E-state index in [-0.39, 0.29) is 18.0 Å². The van der Waals surface area contributed by atoms with Crippen LogP contribution in [0.3, 0.4) is 0 Å². The first-order valence-corrected chi connectivity index (χ1v) is 13.5. The maximum absolute atomic E-state index is 12.7. The van der Waals surface area contributed by atoms with Crippen LogP contribution >= 0.6 is 22.9 Å². The molecule has 1 amide bonds. The summed E-state index contributed by atoms with van der Waals surface area (Å²) in [6.45, 7) is 3.90. The molecule has 4 heterocycles. The van der Waals surface area contributed by atoms with Crippen molar-refractivity contribution >= 4 is 55.8 Å². The van der Waals surface area contributed by atoms with Crippen molar-refractivity contribution in [2.24, 2.45) is 0 Å². The van der Waals surface area contributed by atoms with Gasteiger partial charge in [-0.05, 0) is 88.6 Å². The number of fused-ring (bicyclic) bond motifs is 1. The van der Waals surface area contributed by atoms with E-state index in [4.69, 9.17) is 4.98 Å². The molecular weight excluding hydrogens is 470 g/mol. The maximum Gasteiger partial charge on any atom is 0.271 e. The van der Waals surface area contributed by atoms with E-state index < -0.39 is 5.60 Å². The second-order valence-electron chi connectivity index (χ2n) is 9.70. The van der Waals surface area contributed by atoms with Gasteiger partial charge in [-0.15, -0.1) is 11.3 Å². The summed E-state index contributed by atoms with van der Waals surface area (Å²) in [5.41, 5.74) is 0.714. The summed E-state index contributed by atoms with van der Waals surface area (Å²) in [7, 11) is 2.10. The highest BCUT2D eigenvalue weighted by molar-refractivity contribution is 7.17. The van der Waals surface area contributed by atoms with Gasteiger partial charge in [0.1, 0.15) is 16.5 Å². The number of hydrogen-bond acceptors (Lipinski definition) is 10. The molecule has 1 aliphatic heterocycles. The highest BCUT2D eigenvalue weighted by Gasteiger charge is 2.29. The lowest BCUT2D eigenvalue weighted by Gasteiger charge is -2.33. The van der Waals surface area contributed by atoms with E-state index >= 15 is 0 Å². The molecule has 0 spiro atoms. The van der Waals surface area contributed by atoms with Crippen LogP contribution in [0.2, 0.25) is 0 Å². The summed E-state index contributed by atoms with van der Waals surface area (Å²) in [4.78, 5) is 24.3. The number of anilines is 3. The minimum Gasteiger partial charge on any atom is -0.390 e. The third kappa shape index (κ3) is 5.48. The number of hydrogen-bond donors (Lipinski definition) is 4. The van der Waals surface area contributed by atoms with Gasteiger partial charge in [0.15, 0.2) is 0 Å². The fourth-order valence-electron chi connectivity index (χ4n) is 4.56. The largest absolute Gasteiger partial charge is 0.390 e. The minimum atomic E-state index is -0.571. The van der Waals surface area contributed by atoms with Crippen LogP contribution in [0.15, 0.2) is 17.5 Å². The molecule has 2 aliphatic rings. The Balaban J connectivity index is 1.26. The molecule has 0 bridgehead atoms. The molecule has 3 aromatic rings. The molecule has 1 aliphatic carbocycles. The quantitative estimate of drug-likeness (QED) is 0.403. The van der Waals surface area contributed by atoms with E-state index in [2.05, 4.69) is 37.3 Å². The number of nitrogens with one attached hydrogen (secondary N) is 3. The van der Waals surface area contributed by atoms with Gasteiger partial charge in [0, 0.05) is 18.2 Å². The maximum atomic E-state index is 12.7. The molecule has 0 aromatic carbocycles. The van der Waals surface area contributed by atoms with Crippen LogP contribution in [-0.2, 0) is 0 Å². The highest BCUT2D eigenvalue weighted by Crippen LogP contribution is 2.33. The average Bonchev–Trinajstić information content (AvgIpc) is 3.47. The van der Waals surface area contributed by atoms with Crippen molar-refractivity contribution in [3.63, 3.8) is 0 Å². The second kappa shape index (κ2) is 9.73. The molecule has 0 atom stereocenters. The van der Waals surface area contributed by atoms with Crippen molar-refractivity contribution in [2.75, 3.05) is 30.8 Å². The second-order valence-corrected chi connectivity index (χ2v) is 11.4. The number of likely N-dealkylation sites (tertiary alicyclic amines) is 1. The average molecular weight is 502 g/mol. The van der Waals surface area contributed by atoms with Crippen molar-refractivity contribution in [3.8, 4) is 0 Å². The molecule has 2 fully saturated rings. The molecule has 9 nitrogen and oxygen atoms in total. The van der Waals surface area contributed by atoms with Gasteiger partial charge in [-0.1, -0.05) is 0 Å². The standard InChI is InChI=1S/C23H31N7O2S2/c1-23(32)8-3-14(4-9-23)24-20-19-16(7-12-33-19)26-22(28-20)27-18-13-17(29-34-18)21(31)25-15-5-10-30(2)11-6-15/h7,12-15,32H,3-6,8-11H2,1-2H3,(H,25,31)(H2,24,26,27,28)/t14-,23-. The Morgan fingerprint density at radius 2 is 1.94 bits per heavy atom. The summed E-state index contributed by atoms with van der Waals surface area (Å²) >= 11 is 2.84. The normalized spacial score (nSPS) is 24.3. The molecule has 0 unspecified atom stereocenters. The van der Waals surface area contributed by atoms with Crippen molar-refractivity contribution in [2.45, 2.75) is 63.1 Å². The van der Waals surface area contributed by atoms with Gasteiger partial charge in [0.2, 0.25) is 5.95 Å². The molecule has 5 rings (SSSR count). The number of carbonyl (C=O) groups is 1. The summed E-state index contributed by atoms with van der Waals surface area (Å²) in [5, 5.41) is 22.9. The number of nitrogens with zero attached hydrogens (tertiary/aromatic N) is 4. The van der Waals surface area contributed by atoms with Gasteiger partial charge in [-0.25, -0.2) is 4.98 Å². The Morgan fingerprint density at radius 1 is 1.18 bits per heavy atom. The molecule has 1 saturated heterocycles. The summed E-state index contributed by atoms with van der Waals surface area (Å²) < 4.78 is 5.36. The van der Waals surface area contributed by atoms with Gasteiger partial charge in [0.05, 0.1) is 15.8 Å². The lowest BCUT2D eigenvalue weighted by atomic mass is 9.84. The predicted octanol–water partition coefficient (Wildman–Crippen LogP) is 3.82. The zero-order valence-electron chi connectivity index (χ0n) is 19.5. The fourth-order valence-corrected chi connectivity index (χ4v) is 5.98. The molecule has 182 valence electrons. The zero-order valence-corrected chi connectivity index (χ0v) is 21.1. The summed E-state index contributed by atoms with van der Waals surface area (Å²) in [6, 6.07) is 4.21. The molecule has 1 saturated carbocycles. The van der Waals surface area contributed by atoms with Crippen LogP contribution in [0.1, 0.15) is 55.9 Å². The smallest absolute Gasteiger partial charge is 0.271 e. The molecule has 11 heteroatoms. The van der Waals surface area contributed by atoms with Crippen molar-refractivity contribution in [1.29, 1.82) is 0 Å². The number of amides is 1. The van der Waals surface area contributed by atoms with Crippen molar-refractivity contribution < 1.29 is 9.90 Å². The Hall–Kier alpha value is -2.34. The summed E-state index contributed by atoms with van der Waals surface area (Å²) in [5.74, 6) is 1.14. The Bertz CT molecular complexity index is 1140. The molecular formula is C23H31N7O2S2. The Kier molecular flexibility index (Phi) is 6.70. The molecule has 0 radical (unpaired) electrons. The number of rotatable bonds is 6. The lowest BCUT2D eigenvalue weighted by molar-refractivity contribution is 0.0196. The first kappa shape index (κ1) is 23.4. The van der Waals surface area contributed by atoms with Crippen LogP contribution in [0, 0.1) is 0 Å². The van der Waals surface area contributed by atoms with Gasteiger partial charge in [-0.2, -0.15) is 9.36 Å². The monoisotopic (exact) mass is 501 g/mol. The van der Waals surface area contributed by atoms with Gasteiger partial charge >= 0.3 is 0 Å². The van der Waals surface area contributed by atoms with Gasteiger partial charge in [0.25, 0.3) is 5.91 Å². The predicted molar refractivity (Wildman–Crippen MR) is 137 cm³/mol. The van der Waals surface area contributed by atoms with E-state index in [0.29, 0.717) is 11.6 Å². The Labute approximate surface area is 207 Å². The van der Waals surface area contributed by atoms with E-state index in [9.17, 15) is 9.90 Å². The zero-order chi connectivity index (χ0) is 23.7. The number of aliphatic hydroxyl groups is 1. The molecule has 4 N–H and O–H groups in total. The van der Waals surface area contributed by atoms with Crippen LogP contribution < -0.4 is 16.0 Å². The van der Waals surface area contributed by atoms with Crippen LogP contribution in [0.5, 0.6) is 0 Å². The number of thiophene rings is 1. The third-order valence-corrected chi connectivity index (χ3v) is 8.35. The van der Waals surface area contributed by atoms with Crippen LogP contribution in [0.25, 0.3) is 10.2 Å². The van der Waals surface area contributed by atoms with E-state index in [0.717, 1.165) is 72.7 Å². The fraction of sp³-hybridized carbons (Fsp3) is 0.565. The summed E-state index contributed by atoms with van der Waals surface area (Å²) in [6.07, 6.45) is 5.27. The van der Waals surface area contributed by atoms with Crippen LogP contribution in [-0.4, -0.2) is 68.1 Å². The molecule has 3 aromatic heterocycles. The highest BCUT2D eigenvalue weighted by atomic mass is 32.1. The van der Waals surface area contributed by atoms with Gasteiger partial charge in [-0.3, -0.25) is 4.79 Å². The SMILES string of the molecule is CN1CCC(NC(=O)c2cc(Nc3nc(N[C@H]4CC[C@](C)(O)CC4)c4sccc4n3)sn2)CC1. The van der Waals surface area contributed by atoms with Crippen molar-refractivity contribution in [1.82, 2.24) is 24.6 Å². The lowest BCUT2D eigenvalue weighted by Crippen LogP contribution is -2.43.